The van der Waals surface area contributed by atoms with Crippen LogP contribution < -0.4 is 5.32 Å². The lowest BCUT2D eigenvalue weighted by atomic mass is 10.0. The second-order valence-corrected chi connectivity index (χ2v) is 8.63. The Morgan fingerprint density at radius 3 is 2.85 bits per heavy atom. The van der Waals surface area contributed by atoms with E-state index in [1.54, 1.807) is 0 Å². The van der Waals surface area contributed by atoms with Crippen molar-refractivity contribution >= 4 is 11.8 Å². The molecule has 7 nitrogen and oxygen atoms in total. The highest BCUT2D eigenvalue weighted by atomic mass is 16.2. The van der Waals surface area contributed by atoms with E-state index in [1.807, 2.05) is 4.90 Å². The standard InChI is InChI=1S/C20H31N5O2/c1-13(2)5-8-24-10-7-21-20(27)17(24)11-18(26)25-9-6-16-15(12-25)19(23-22-16)14-3-4-14/h13-14,17H,3-12H2,1-2H3,(H,21,27)(H,22,23)/t17-/m1/s1. The fourth-order valence-corrected chi connectivity index (χ4v) is 4.19. The van der Waals surface area contributed by atoms with Gasteiger partial charge in [0.2, 0.25) is 11.8 Å². The van der Waals surface area contributed by atoms with E-state index in [0.29, 0.717) is 31.5 Å². The highest BCUT2D eigenvalue weighted by Crippen LogP contribution is 2.42. The Bertz CT molecular complexity index is 709. The van der Waals surface area contributed by atoms with Gasteiger partial charge in [0.15, 0.2) is 0 Å². The van der Waals surface area contributed by atoms with Crippen molar-refractivity contribution in [3.8, 4) is 0 Å². The van der Waals surface area contributed by atoms with Gasteiger partial charge in [0.25, 0.3) is 0 Å². The molecule has 2 aliphatic heterocycles. The van der Waals surface area contributed by atoms with E-state index in [0.717, 1.165) is 31.6 Å². The predicted octanol–water partition coefficient (Wildman–Crippen LogP) is 1.41. The van der Waals surface area contributed by atoms with E-state index in [2.05, 4.69) is 34.3 Å². The first-order chi connectivity index (χ1) is 13.0. The first-order valence-electron chi connectivity index (χ1n) is 10.4. The van der Waals surface area contributed by atoms with Gasteiger partial charge in [-0.1, -0.05) is 13.8 Å². The summed E-state index contributed by atoms with van der Waals surface area (Å²) in [6, 6.07) is -0.335. The van der Waals surface area contributed by atoms with Crippen LogP contribution in [-0.4, -0.2) is 64.0 Å². The minimum absolute atomic E-state index is 0.00182. The zero-order valence-electron chi connectivity index (χ0n) is 16.5. The van der Waals surface area contributed by atoms with Gasteiger partial charge in [-0.3, -0.25) is 19.6 Å². The number of hydrogen-bond donors (Lipinski definition) is 2. The summed E-state index contributed by atoms with van der Waals surface area (Å²) in [5.74, 6) is 1.25. The van der Waals surface area contributed by atoms with Crippen molar-refractivity contribution in [2.75, 3.05) is 26.2 Å². The molecule has 1 aromatic rings. The Balaban J connectivity index is 1.41. The summed E-state index contributed by atoms with van der Waals surface area (Å²) >= 11 is 0. The summed E-state index contributed by atoms with van der Waals surface area (Å²) in [5.41, 5.74) is 3.58. The third-order valence-electron chi connectivity index (χ3n) is 6.09. The normalized spacial score (nSPS) is 23.4. The van der Waals surface area contributed by atoms with Gasteiger partial charge in [0, 0.05) is 49.8 Å². The molecule has 3 heterocycles. The van der Waals surface area contributed by atoms with Crippen LogP contribution in [0.1, 0.15) is 62.4 Å². The fourth-order valence-electron chi connectivity index (χ4n) is 4.19. The van der Waals surface area contributed by atoms with E-state index in [-0.39, 0.29) is 24.3 Å². The van der Waals surface area contributed by atoms with Crippen LogP contribution in [0.5, 0.6) is 0 Å². The average molecular weight is 374 g/mol. The molecule has 3 aliphatic rings. The average Bonchev–Trinajstić information content (AvgIpc) is 3.40. The molecule has 0 bridgehead atoms. The summed E-state index contributed by atoms with van der Waals surface area (Å²) in [5, 5.41) is 10.6. The lowest BCUT2D eigenvalue weighted by Gasteiger charge is -2.36. The summed E-state index contributed by atoms with van der Waals surface area (Å²) in [6.45, 7) is 8.11. The van der Waals surface area contributed by atoms with Crippen molar-refractivity contribution in [1.82, 2.24) is 25.3 Å². The van der Waals surface area contributed by atoms with Gasteiger partial charge in [0.1, 0.15) is 0 Å². The molecule has 7 heteroatoms. The summed E-state index contributed by atoms with van der Waals surface area (Å²) < 4.78 is 0. The molecular formula is C20H31N5O2. The molecule has 0 spiro atoms. The molecule has 1 saturated heterocycles. The Morgan fingerprint density at radius 2 is 2.11 bits per heavy atom. The van der Waals surface area contributed by atoms with Gasteiger partial charge in [-0.05, 0) is 31.7 Å². The van der Waals surface area contributed by atoms with E-state index >= 15 is 0 Å². The van der Waals surface area contributed by atoms with E-state index in [4.69, 9.17) is 0 Å². The minimum Gasteiger partial charge on any atom is -0.353 e. The minimum atomic E-state index is -0.335. The summed E-state index contributed by atoms with van der Waals surface area (Å²) in [4.78, 5) is 29.6. The maximum absolute atomic E-state index is 13.0. The highest BCUT2D eigenvalue weighted by Gasteiger charge is 2.36. The van der Waals surface area contributed by atoms with Crippen molar-refractivity contribution in [2.24, 2.45) is 5.92 Å². The van der Waals surface area contributed by atoms with Crippen LogP contribution in [0.15, 0.2) is 0 Å². The molecule has 148 valence electrons. The van der Waals surface area contributed by atoms with Crippen molar-refractivity contribution < 1.29 is 9.59 Å². The number of hydrogen-bond acceptors (Lipinski definition) is 4. The van der Waals surface area contributed by atoms with Gasteiger partial charge >= 0.3 is 0 Å². The van der Waals surface area contributed by atoms with Gasteiger partial charge in [0.05, 0.1) is 18.2 Å². The van der Waals surface area contributed by atoms with Crippen LogP contribution >= 0.6 is 0 Å². The van der Waals surface area contributed by atoms with Crippen LogP contribution in [0.4, 0.5) is 0 Å². The number of carbonyl (C=O) groups is 2. The van der Waals surface area contributed by atoms with Crippen LogP contribution in [0, 0.1) is 5.92 Å². The number of nitrogens with zero attached hydrogens (tertiary/aromatic N) is 3. The predicted molar refractivity (Wildman–Crippen MR) is 102 cm³/mol. The number of piperazine rings is 1. The number of fused-ring (bicyclic) bond motifs is 1. The molecule has 2 N–H and O–H groups in total. The summed E-state index contributed by atoms with van der Waals surface area (Å²) in [6.07, 6.45) is 4.56. The molecule has 2 amide bonds. The molecule has 1 aliphatic carbocycles. The van der Waals surface area contributed by atoms with Crippen LogP contribution in [-0.2, 0) is 22.6 Å². The monoisotopic (exact) mass is 373 g/mol. The van der Waals surface area contributed by atoms with E-state index in [9.17, 15) is 9.59 Å². The van der Waals surface area contributed by atoms with Crippen LogP contribution in [0.3, 0.4) is 0 Å². The van der Waals surface area contributed by atoms with E-state index in [1.165, 1.54) is 24.1 Å². The fraction of sp³-hybridized carbons (Fsp3) is 0.750. The van der Waals surface area contributed by atoms with Crippen molar-refractivity contribution in [1.29, 1.82) is 0 Å². The number of carbonyl (C=O) groups excluding carboxylic acids is 2. The number of nitrogens with one attached hydrogen (secondary N) is 2. The number of aromatic nitrogens is 2. The SMILES string of the molecule is CC(C)CCN1CCNC(=O)[C@H]1CC(=O)N1CCc2[nH]nc(C3CC3)c2C1. The number of H-pyrrole nitrogens is 1. The maximum Gasteiger partial charge on any atom is 0.237 e. The Kier molecular flexibility index (Phi) is 5.21. The van der Waals surface area contributed by atoms with Gasteiger partial charge < -0.3 is 10.2 Å². The molecule has 0 radical (unpaired) electrons. The number of aromatic amines is 1. The van der Waals surface area contributed by atoms with Crippen LogP contribution in [0.2, 0.25) is 0 Å². The largest absolute Gasteiger partial charge is 0.353 e. The molecule has 1 aromatic heterocycles. The first-order valence-corrected chi connectivity index (χ1v) is 10.4. The second kappa shape index (κ2) is 7.62. The molecule has 27 heavy (non-hydrogen) atoms. The lowest BCUT2D eigenvalue weighted by Crippen LogP contribution is -2.57. The zero-order valence-corrected chi connectivity index (χ0v) is 16.5. The topological polar surface area (TPSA) is 81.3 Å². The maximum atomic E-state index is 13.0. The van der Waals surface area contributed by atoms with Crippen molar-refractivity contribution in [3.05, 3.63) is 17.0 Å². The Morgan fingerprint density at radius 1 is 1.30 bits per heavy atom. The Hall–Kier alpha value is -1.89. The lowest BCUT2D eigenvalue weighted by molar-refractivity contribution is -0.139. The molecular weight excluding hydrogens is 342 g/mol. The third kappa shape index (κ3) is 4.03. The molecule has 2 fully saturated rings. The smallest absolute Gasteiger partial charge is 0.237 e. The van der Waals surface area contributed by atoms with Crippen LogP contribution in [0.25, 0.3) is 0 Å². The quantitative estimate of drug-likeness (QED) is 0.790. The van der Waals surface area contributed by atoms with Gasteiger partial charge in [-0.15, -0.1) is 0 Å². The third-order valence-corrected chi connectivity index (χ3v) is 6.09. The Labute approximate surface area is 160 Å². The molecule has 4 rings (SSSR count). The molecule has 0 unspecified atom stereocenters. The number of rotatable bonds is 6. The molecule has 1 atom stereocenters. The van der Waals surface area contributed by atoms with Gasteiger partial charge in [-0.25, -0.2) is 0 Å². The van der Waals surface area contributed by atoms with Crippen molar-refractivity contribution in [3.63, 3.8) is 0 Å². The van der Waals surface area contributed by atoms with E-state index < -0.39 is 0 Å². The van der Waals surface area contributed by atoms with Gasteiger partial charge in [-0.2, -0.15) is 5.10 Å². The zero-order chi connectivity index (χ0) is 19.0. The molecule has 1 saturated carbocycles. The van der Waals surface area contributed by atoms with Crippen molar-refractivity contribution in [2.45, 2.75) is 64.5 Å². The number of amides is 2. The molecule has 0 aromatic carbocycles. The highest BCUT2D eigenvalue weighted by molar-refractivity contribution is 5.89. The summed E-state index contributed by atoms with van der Waals surface area (Å²) in [7, 11) is 0. The first kappa shape index (κ1) is 18.5. The second-order valence-electron chi connectivity index (χ2n) is 8.63.